The lowest BCUT2D eigenvalue weighted by molar-refractivity contribution is 0.309. The molecule has 74 valence electrons. The largest absolute Gasteiger partial charge is 0.329 e. The molecule has 0 saturated heterocycles. The zero-order valence-corrected chi connectivity index (χ0v) is 6.88. The maximum Gasteiger partial charge on any atom is 0.150 e. The zero-order valence-electron chi connectivity index (χ0n) is 6.88. The molecule has 3 rings (SSSR count). The molecule has 15 heavy (non-hydrogen) atoms. The summed E-state index contributed by atoms with van der Waals surface area (Å²) in [5.74, 6) is 0.354. The second-order valence-electron chi connectivity index (χ2n) is 2.37. The summed E-state index contributed by atoms with van der Waals surface area (Å²) in [5.41, 5.74) is 0.490. The molecule has 0 aliphatic carbocycles. The summed E-state index contributed by atoms with van der Waals surface area (Å²) < 4.78 is 4.52. The molecular weight excluding hydrogens is 204 g/mol. The predicted octanol–water partition coefficient (Wildman–Crippen LogP) is -2.31. The van der Waals surface area contributed by atoms with Gasteiger partial charge < -0.3 is 10.2 Å². The van der Waals surface area contributed by atoms with Gasteiger partial charge in [0.05, 0.1) is 11.6 Å². The summed E-state index contributed by atoms with van der Waals surface area (Å²) in [6, 6.07) is 0. The van der Waals surface area contributed by atoms with Crippen LogP contribution in [0.25, 0.3) is 23.0 Å². The average Bonchev–Trinajstić information content (AvgIpc) is 3.01. The Kier molecular flexibility index (Phi) is 1.48. The van der Waals surface area contributed by atoms with E-state index < -0.39 is 0 Å². The van der Waals surface area contributed by atoms with Crippen LogP contribution in [0.4, 0.5) is 0 Å². The Bertz CT molecular complexity index is 487. The van der Waals surface area contributed by atoms with Gasteiger partial charge in [0.15, 0.2) is 11.4 Å². The van der Waals surface area contributed by atoms with E-state index >= 15 is 0 Å². The number of hydrogen-bond acceptors (Lipinski definition) is 9. The fourth-order valence-corrected chi connectivity index (χ4v) is 0.961. The van der Waals surface area contributed by atoms with E-state index in [9.17, 15) is 0 Å². The van der Waals surface area contributed by atoms with Gasteiger partial charge in [-0.15, -0.1) is 0 Å². The smallest absolute Gasteiger partial charge is 0.150 e. The zero-order chi connectivity index (χ0) is 10.1. The van der Waals surface area contributed by atoms with Crippen LogP contribution < -0.4 is 10.2 Å². The Balaban J connectivity index is 2.15. The predicted molar refractivity (Wildman–Crippen MR) is 38.6 cm³/mol. The summed E-state index contributed by atoms with van der Waals surface area (Å²) in [6.45, 7) is 0. The van der Waals surface area contributed by atoms with Gasteiger partial charge in [0.1, 0.15) is 0 Å². The average molecular weight is 204 g/mol. The third-order valence-corrected chi connectivity index (χ3v) is 1.55. The molecule has 0 bridgehead atoms. The monoisotopic (exact) mass is 204 g/mol. The second-order valence-corrected chi connectivity index (χ2v) is 2.37. The highest BCUT2D eigenvalue weighted by Gasteiger charge is 2.12. The van der Waals surface area contributed by atoms with Crippen molar-refractivity contribution in [1.82, 2.24) is 51.6 Å². The molecule has 0 radical (unpaired) electrons. The Morgan fingerprint density at radius 2 is 1.33 bits per heavy atom. The van der Waals surface area contributed by atoms with E-state index in [1.807, 2.05) is 0 Å². The lowest BCUT2D eigenvalue weighted by atomic mass is 10.3. The van der Waals surface area contributed by atoms with E-state index in [4.69, 9.17) is 0 Å². The van der Waals surface area contributed by atoms with E-state index in [0.29, 0.717) is 0 Å². The van der Waals surface area contributed by atoms with Crippen LogP contribution >= 0.6 is 0 Å². The van der Waals surface area contributed by atoms with Gasteiger partial charge in [0, 0.05) is 0 Å². The lowest BCUT2D eigenvalue weighted by Crippen LogP contribution is -1.90. The second kappa shape index (κ2) is 2.90. The molecule has 0 unspecified atom stereocenters. The highest BCUT2D eigenvalue weighted by molar-refractivity contribution is 5.67. The number of nitrogens with zero attached hydrogens (tertiary/aromatic N) is 10. The van der Waals surface area contributed by atoms with Gasteiger partial charge in [0.2, 0.25) is 0 Å². The lowest BCUT2D eigenvalue weighted by Gasteiger charge is -1.95. The Morgan fingerprint density at radius 3 is 1.73 bits per heavy atom. The summed E-state index contributed by atoms with van der Waals surface area (Å²) in [7, 11) is 0. The molecule has 0 saturated carbocycles. The molecule has 0 amide bonds. The number of rotatable bonds is 2. The van der Waals surface area contributed by atoms with E-state index in [1.165, 1.54) is 0 Å². The molecule has 0 aliphatic rings. The van der Waals surface area contributed by atoms with Gasteiger partial charge in [-0.2, -0.15) is 10.4 Å². The third-order valence-electron chi connectivity index (χ3n) is 1.55. The topological polar surface area (TPSA) is 144 Å². The molecule has 0 spiro atoms. The van der Waals surface area contributed by atoms with Crippen molar-refractivity contribution in [3.63, 3.8) is 0 Å². The summed E-state index contributed by atoms with van der Waals surface area (Å²) in [4.78, 5) is 0. The van der Waals surface area contributed by atoms with Crippen molar-refractivity contribution >= 4 is 0 Å². The van der Waals surface area contributed by atoms with Crippen LogP contribution in [0, 0.1) is 0 Å². The van der Waals surface area contributed by atoms with E-state index in [-0.39, 0.29) is 23.0 Å². The highest BCUT2D eigenvalue weighted by Crippen LogP contribution is 2.21. The van der Waals surface area contributed by atoms with Crippen LogP contribution in [-0.4, -0.2) is 41.4 Å². The molecule has 0 aliphatic heterocycles. The molecule has 3 aromatic rings. The van der Waals surface area contributed by atoms with Crippen LogP contribution in [0.15, 0.2) is 4.63 Å². The van der Waals surface area contributed by atoms with E-state index in [1.54, 1.807) is 0 Å². The van der Waals surface area contributed by atoms with Crippen LogP contribution in [0.1, 0.15) is 0 Å². The van der Waals surface area contributed by atoms with E-state index in [2.05, 4.69) is 56.2 Å². The number of aromatic nitrogens is 10. The van der Waals surface area contributed by atoms with Gasteiger partial charge in [-0.1, -0.05) is 0 Å². The van der Waals surface area contributed by atoms with Gasteiger partial charge in [-0.3, -0.25) is 20.6 Å². The maximum absolute atomic E-state index is 4.52. The van der Waals surface area contributed by atoms with Gasteiger partial charge in [0.25, 0.3) is 0 Å². The van der Waals surface area contributed by atoms with Gasteiger partial charge >= 0.3 is 0 Å². The Morgan fingerprint density at radius 1 is 0.800 bits per heavy atom. The normalized spacial score (nSPS) is 10.7. The van der Waals surface area contributed by atoms with Crippen molar-refractivity contribution in [2.24, 2.45) is 0 Å². The van der Waals surface area contributed by atoms with Crippen LogP contribution in [0.2, 0.25) is 0 Å². The van der Waals surface area contributed by atoms with Crippen molar-refractivity contribution in [2.75, 3.05) is 0 Å². The van der Waals surface area contributed by atoms with Crippen molar-refractivity contribution in [3.8, 4) is 23.0 Å². The Labute approximate surface area is 80.2 Å². The molecular formula is C4N10O-2. The Hall–Kier alpha value is -2.72. The summed E-state index contributed by atoms with van der Waals surface area (Å²) in [6.07, 6.45) is 0. The summed E-state index contributed by atoms with van der Waals surface area (Å²) in [5, 5.41) is 34.8. The van der Waals surface area contributed by atoms with Crippen molar-refractivity contribution < 1.29 is 4.63 Å². The number of hydrogen-bond donors (Lipinski definition) is 0. The summed E-state index contributed by atoms with van der Waals surface area (Å²) >= 11 is 0. The molecule has 0 atom stereocenters. The molecule has 3 heterocycles. The van der Waals surface area contributed by atoms with Gasteiger partial charge in [-0.05, 0) is 10.3 Å². The third kappa shape index (κ3) is 1.13. The first-order valence-corrected chi connectivity index (χ1v) is 3.66. The molecule has 11 nitrogen and oxygen atoms in total. The molecule has 0 N–H and O–H groups in total. The highest BCUT2D eigenvalue weighted by atomic mass is 16.6. The van der Waals surface area contributed by atoms with Crippen molar-refractivity contribution in [3.05, 3.63) is 0 Å². The minimum atomic E-state index is 0.177. The quantitative estimate of drug-likeness (QED) is 0.443. The standard InChI is InChI=1S/C4N10O/c5-3(6-12-11-5)1-2(10-15-9-1)4-7-13-14-8-4/q-2. The van der Waals surface area contributed by atoms with E-state index in [0.717, 1.165) is 0 Å². The SMILES string of the molecule is n1n[n-]c(-c2nonc2-c2nnn[n-]2)n1. The first-order valence-electron chi connectivity index (χ1n) is 3.66. The molecule has 0 fully saturated rings. The number of tetrazole rings is 2. The van der Waals surface area contributed by atoms with Crippen LogP contribution in [-0.2, 0) is 0 Å². The van der Waals surface area contributed by atoms with Crippen LogP contribution in [0.3, 0.4) is 0 Å². The molecule has 3 aromatic heterocycles. The fraction of sp³-hybridized carbons (Fsp3) is 0. The minimum Gasteiger partial charge on any atom is -0.329 e. The first-order chi connectivity index (χ1) is 7.45. The van der Waals surface area contributed by atoms with Crippen molar-refractivity contribution in [2.45, 2.75) is 0 Å². The molecule has 0 aromatic carbocycles. The first kappa shape index (κ1) is 7.66. The van der Waals surface area contributed by atoms with Gasteiger partial charge in [-0.25, -0.2) is 4.63 Å². The fourth-order valence-electron chi connectivity index (χ4n) is 0.961. The van der Waals surface area contributed by atoms with Crippen molar-refractivity contribution in [1.29, 1.82) is 0 Å². The molecule has 11 heteroatoms. The van der Waals surface area contributed by atoms with Crippen LogP contribution in [0.5, 0.6) is 0 Å². The maximum atomic E-state index is 4.52. The minimum absolute atomic E-state index is 0.177.